The molecule has 7 nitrogen and oxygen atoms in total. The van der Waals surface area contributed by atoms with Gasteiger partial charge in [-0.2, -0.15) is 0 Å². The molecule has 1 atom stereocenters. The number of ether oxygens (including phenoxy) is 2. The van der Waals surface area contributed by atoms with Crippen LogP contribution in [0.15, 0.2) is 12.4 Å². The number of aromatic nitrogens is 2. The normalized spacial score (nSPS) is 18.2. The van der Waals surface area contributed by atoms with Gasteiger partial charge in [-0.1, -0.05) is 0 Å². The van der Waals surface area contributed by atoms with Crippen molar-refractivity contribution in [3.05, 3.63) is 12.4 Å². The molecule has 1 amide bonds. The van der Waals surface area contributed by atoms with Crippen molar-refractivity contribution in [2.45, 2.75) is 45.8 Å². The van der Waals surface area contributed by atoms with Crippen LogP contribution in [0.25, 0.3) is 0 Å². The van der Waals surface area contributed by atoms with Crippen molar-refractivity contribution < 1.29 is 14.3 Å². The van der Waals surface area contributed by atoms with Crippen LogP contribution in [0.4, 0.5) is 10.6 Å². The fraction of sp³-hybridized carbons (Fsp3) is 0.667. The molecular weight excluding hydrogens is 284 g/mol. The zero-order chi connectivity index (χ0) is 16.2. The lowest BCUT2D eigenvalue weighted by molar-refractivity contribution is 0.0293. The van der Waals surface area contributed by atoms with Crippen LogP contribution >= 0.6 is 0 Å². The molecule has 0 spiro atoms. The average Bonchev–Trinajstić information content (AvgIpc) is 2.86. The van der Waals surface area contributed by atoms with E-state index in [1.807, 2.05) is 27.7 Å². The second-order valence-corrected chi connectivity index (χ2v) is 6.23. The monoisotopic (exact) mass is 308 g/mol. The molecule has 1 saturated heterocycles. The molecule has 1 aliphatic rings. The summed E-state index contributed by atoms with van der Waals surface area (Å²) in [6.07, 6.45) is 2.05. The first-order valence-corrected chi connectivity index (χ1v) is 7.56. The summed E-state index contributed by atoms with van der Waals surface area (Å²) in [5, 5.41) is 3.31. The van der Waals surface area contributed by atoms with E-state index in [-0.39, 0.29) is 12.1 Å². The van der Waals surface area contributed by atoms with Crippen LogP contribution < -0.4 is 10.1 Å². The van der Waals surface area contributed by atoms with Crippen LogP contribution in [0, 0.1) is 0 Å². The maximum absolute atomic E-state index is 12.0. The Labute approximate surface area is 131 Å². The Morgan fingerprint density at radius 2 is 2.23 bits per heavy atom. The van der Waals surface area contributed by atoms with Gasteiger partial charge in [-0.25, -0.2) is 14.8 Å². The lowest BCUT2D eigenvalue weighted by atomic mass is 10.2. The number of carbonyl (C=O) groups is 1. The standard InChI is InChI=1S/C15H24N4O3/c1-5-21-13-8-12(16-10-17-13)18-11-6-7-19(9-11)14(20)22-15(2,3)4/h8,10-11H,5-7,9H2,1-4H3,(H,16,17,18)/t11-/m1/s1. The molecule has 1 aliphatic heterocycles. The first-order valence-electron chi connectivity index (χ1n) is 7.56. The number of carbonyl (C=O) groups excluding carboxylic acids is 1. The van der Waals surface area contributed by atoms with E-state index in [1.165, 1.54) is 6.33 Å². The van der Waals surface area contributed by atoms with Gasteiger partial charge in [0.15, 0.2) is 0 Å². The van der Waals surface area contributed by atoms with E-state index < -0.39 is 5.60 Å². The number of rotatable bonds is 4. The van der Waals surface area contributed by atoms with Crippen LogP contribution in [0.5, 0.6) is 5.88 Å². The van der Waals surface area contributed by atoms with Gasteiger partial charge in [-0.15, -0.1) is 0 Å². The number of amides is 1. The Morgan fingerprint density at radius 3 is 2.91 bits per heavy atom. The largest absolute Gasteiger partial charge is 0.478 e. The maximum Gasteiger partial charge on any atom is 0.410 e. The molecule has 1 N–H and O–H groups in total. The average molecular weight is 308 g/mol. The predicted molar refractivity (Wildman–Crippen MR) is 83.0 cm³/mol. The van der Waals surface area contributed by atoms with Crippen LogP contribution in [0.2, 0.25) is 0 Å². The lowest BCUT2D eigenvalue weighted by Gasteiger charge is -2.24. The molecule has 0 unspecified atom stereocenters. The van der Waals surface area contributed by atoms with Crippen LogP contribution in [0.1, 0.15) is 34.1 Å². The molecule has 0 saturated carbocycles. The Balaban J connectivity index is 1.88. The second kappa shape index (κ2) is 6.81. The summed E-state index contributed by atoms with van der Waals surface area (Å²) in [5.74, 6) is 1.25. The highest BCUT2D eigenvalue weighted by Gasteiger charge is 2.29. The summed E-state index contributed by atoms with van der Waals surface area (Å²) in [7, 11) is 0. The minimum Gasteiger partial charge on any atom is -0.478 e. The van der Waals surface area contributed by atoms with Crippen molar-refractivity contribution in [1.29, 1.82) is 0 Å². The SMILES string of the molecule is CCOc1cc(N[C@@H]2CCN(C(=O)OC(C)(C)C)C2)ncn1. The van der Waals surface area contributed by atoms with Crippen LogP contribution in [-0.2, 0) is 4.74 Å². The maximum atomic E-state index is 12.0. The van der Waals surface area contributed by atoms with E-state index in [0.29, 0.717) is 31.4 Å². The summed E-state index contributed by atoms with van der Waals surface area (Å²) >= 11 is 0. The second-order valence-electron chi connectivity index (χ2n) is 6.23. The molecule has 0 aliphatic carbocycles. The van der Waals surface area contributed by atoms with Crippen molar-refractivity contribution in [2.75, 3.05) is 25.0 Å². The molecular formula is C15H24N4O3. The highest BCUT2D eigenvalue weighted by Crippen LogP contribution is 2.19. The molecule has 22 heavy (non-hydrogen) atoms. The number of likely N-dealkylation sites (tertiary alicyclic amines) is 1. The van der Waals surface area contributed by atoms with E-state index in [0.717, 1.165) is 6.42 Å². The Hall–Kier alpha value is -2.05. The number of hydrogen-bond donors (Lipinski definition) is 1. The van der Waals surface area contributed by atoms with Gasteiger partial charge in [-0.3, -0.25) is 0 Å². The summed E-state index contributed by atoms with van der Waals surface area (Å²) in [5.41, 5.74) is -0.471. The molecule has 1 aromatic rings. The van der Waals surface area contributed by atoms with Gasteiger partial charge in [0.25, 0.3) is 0 Å². The minimum atomic E-state index is -0.471. The third kappa shape index (κ3) is 4.75. The van der Waals surface area contributed by atoms with E-state index in [1.54, 1.807) is 11.0 Å². The van der Waals surface area contributed by atoms with E-state index in [2.05, 4.69) is 15.3 Å². The smallest absolute Gasteiger partial charge is 0.410 e. The topological polar surface area (TPSA) is 76.6 Å². The Morgan fingerprint density at radius 1 is 1.45 bits per heavy atom. The minimum absolute atomic E-state index is 0.150. The van der Waals surface area contributed by atoms with Gasteiger partial charge in [0, 0.05) is 25.2 Å². The van der Waals surface area contributed by atoms with E-state index in [9.17, 15) is 4.79 Å². The summed E-state index contributed by atoms with van der Waals surface area (Å²) in [4.78, 5) is 22.0. The summed E-state index contributed by atoms with van der Waals surface area (Å²) < 4.78 is 10.7. The van der Waals surface area contributed by atoms with Gasteiger partial charge in [0.1, 0.15) is 17.7 Å². The Bertz CT molecular complexity index is 516. The first kappa shape index (κ1) is 16.3. The van der Waals surface area contributed by atoms with Crippen LogP contribution in [-0.4, -0.2) is 52.3 Å². The molecule has 0 bridgehead atoms. The molecule has 122 valence electrons. The third-order valence-corrected chi connectivity index (χ3v) is 3.13. The van der Waals surface area contributed by atoms with E-state index >= 15 is 0 Å². The predicted octanol–water partition coefficient (Wildman–Crippen LogP) is 2.30. The van der Waals surface area contributed by atoms with E-state index in [4.69, 9.17) is 9.47 Å². The molecule has 1 fully saturated rings. The third-order valence-electron chi connectivity index (χ3n) is 3.13. The number of nitrogens with zero attached hydrogens (tertiary/aromatic N) is 3. The fourth-order valence-corrected chi connectivity index (χ4v) is 2.22. The van der Waals surface area contributed by atoms with Gasteiger partial charge in [0.2, 0.25) is 5.88 Å². The van der Waals surface area contributed by atoms with Crippen molar-refractivity contribution in [1.82, 2.24) is 14.9 Å². The number of hydrogen-bond acceptors (Lipinski definition) is 6. The zero-order valence-electron chi connectivity index (χ0n) is 13.6. The van der Waals surface area contributed by atoms with Crippen molar-refractivity contribution >= 4 is 11.9 Å². The quantitative estimate of drug-likeness (QED) is 0.919. The highest BCUT2D eigenvalue weighted by atomic mass is 16.6. The Kier molecular flexibility index (Phi) is 5.05. The highest BCUT2D eigenvalue weighted by molar-refractivity contribution is 5.68. The molecule has 0 radical (unpaired) electrons. The molecule has 2 heterocycles. The van der Waals surface area contributed by atoms with Gasteiger partial charge >= 0.3 is 6.09 Å². The van der Waals surface area contributed by atoms with Gasteiger partial charge in [0.05, 0.1) is 6.61 Å². The molecule has 7 heteroatoms. The number of anilines is 1. The molecule has 1 aromatic heterocycles. The first-order chi connectivity index (χ1) is 10.4. The van der Waals surface area contributed by atoms with Crippen LogP contribution in [0.3, 0.4) is 0 Å². The van der Waals surface area contributed by atoms with Crippen molar-refractivity contribution in [3.63, 3.8) is 0 Å². The lowest BCUT2D eigenvalue weighted by Crippen LogP contribution is -2.36. The van der Waals surface area contributed by atoms with Gasteiger partial charge in [-0.05, 0) is 34.1 Å². The fourth-order valence-electron chi connectivity index (χ4n) is 2.22. The van der Waals surface area contributed by atoms with Crippen molar-refractivity contribution in [2.24, 2.45) is 0 Å². The molecule has 0 aromatic carbocycles. The van der Waals surface area contributed by atoms with Crippen molar-refractivity contribution in [3.8, 4) is 5.88 Å². The van der Waals surface area contributed by atoms with Gasteiger partial charge < -0.3 is 19.7 Å². The molecule has 2 rings (SSSR count). The summed E-state index contributed by atoms with van der Waals surface area (Å²) in [6.45, 7) is 9.35. The zero-order valence-corrected chi connectivity index (χ0v) is 13.6. The summed E-state index contributed by atoms with van der Waals surface area (Å²) in [6, 6.07) is 1.91. The number of nitrogens with one attached hydrogen (secondary N) is 1.